The van der Waals surface area contributed by atoms with Gasteiger partial charge in [-0.05, 0) is 67.9 Å². The fraction of sp³-hybridized carbons (Fsp3) is 0.235. The summed E-state index contributed by atoms with van der Waals surface area (Å²) >= 11 is 17.8. The number of rotatable bonds is 1. The lowest BCUT2D eigenvalue weighted by Gasteiger charge is -2.37. The number of nitrogens with one attached hydrogen (secondary N) is 1. The highest BCUT2D eigenvalue weighted by molar-refractivity contribution is 7.80. The summed E-state index contributed by atoms with van der Waals surface area (Å²) in [5, 5.41) is 4.57. The van der Waals surface area contributed by atoms with E-state index in [2.05, 4.69) is 12.2 Å². The molecule has 2 nitrogen and oxygen atoms in total. The molecule has 0 fully saturated rings. The normalized spacial score (nSPS) is 16.9. The highest BCUT2D eigenvalue weighted by atomic mass is 35.5. The summed E-state index contributed by atoms with van der Waals surface area (Å²) < 4.78 is 13.5. The molecule has 2 aromatic carbocycles. The predicted octanol–water partition coefficient (Wildman–Crippen LogP) is 5.67. The first kappa shape index (κ1) is 16.5. The second-order valence-electron chi connectivity index (χ2n) is 5.56. The molecule has 0 bridgehead atoms. The number of nitrogens with zero attached hydrogens (tertiary/aromatic N) is 1. The molecule has 23 heavy (non-hydrogen) atoms. The second-order valence-corrected chi connectivity index (χ2v) is 6.73. The SMILES string of the molecule is CC1CCc2cc(F)ccc2N1C(=S)Nc1cccc(Cl)c1Cl. The number of benzene rings is 2. The smallest absolute Gasteiger partial charge is 0.178 e. The summed E-state index contributed by atoms with van der Waals surface area (Å²) in [6, 6.07) is 10.4. The molecule has 1 aliphatic heterocycles. The van der Waals surface area contributed by atoms with Crippen LogP contribution in [0, 0.1) is 5.82 Å². The maximum atomic E-state index is 13.5. The first-order valence-corrected chi connectivity index (χ1v) is 8.46. The molecule has 1 atom stereocenters. The number of fused-ring (bicyclic) bond motifs is 1. The Balaban J connectivity index is 1.92. The number of hydrogen-bond acceptors (Lipinski definition) is 1. The zero-order chi connectivity index (χ0) is 16.6. The monoisotopic (exact) mass is 368 g/mol. The molecular weight excluding hydrogens is 354 g/mol. The van der Waals surface area contributed by atoms with E-state index in [1.807, 2.05) is 17.0 Å². The molecule has 1 heterocycles. The Morgan fingerprint density at radius 1 is 1.30 bits per heavy atom. The van der Waals surface area contributed by atoms with Gasteiger partial charge in [-0.15, -0.1) is 0 Å². The Hall–Kier alpha value is -1.36. The Kier molecular flexibility index (Phi) is 4.76. The molecule has 0 radical (unpaired) electrons. The summed E-state index contributed by atoms with van der Waals surface area (Å²) in [5.41, 5.74) is 2.55. The topological polar surface area (TPSA) is 15.3 Å². The van der Waals surface area contributed by atoms with Gasteiger partial charge in [-0.2, -0.15) is 0 Å². The van der Waals surface area contributed by atoms with Crippen molar-refractivity contribution in [3.05, 3.63) is 57.8 Å². The van der Waals surface area contributed by atoms with Gasteiger partial charge >= 0.3 is 0 Å². The number of aryl methyl sites for hydroxylation is 1. The van der Waals surface area contributed by atoms with E-state index in [4.69, 9.17) is 35.4 Å². The number of anilines is 2. The van der Waals surface area contributed by atoms with Gasteiger partial charge in [0.2, 0.25) is 0 Å². The molecule has 2 aromatic rings. The van der Waals surface area contributed by atoms with E-state index in [0.717, 1.165) is 24.1 Å². The van der Waals surface area contributed by atoms with Crippen molar-refractivity contribution in [1.82, 2.24) is 0 Å². The second kappa shape index (κ2) is 6.63. The molecule has 0 aromatic heterocycles. The molecule has 0 amide bonds. The van der Waals surface area contributed by atoms with E-state index in [0.29, 0.717) is 20.8 Å². The van der Waals surface area contributed by atoms with Crippen LogP contribution in [0.15, 0.2) is 36.4 Å². The zero-order valence-electron chi connectivity index (χ0n) is 12.4. The van der Waals surface area contributed by atoms with E-state index in [9.17, 15) is 4.39 Å². The number of halogens is 3. The van der Waals surface area contributed by atoms with Crippen LogP contribution < -0.4 is 10.2 Å². The van der Waals surface area contributed by atoms with Crippen molar-refractivity contribution in [2.75, 3.05) is 10.2 Å². The third-order valence-corrected chi connectivity index (χ3v) is 5.10. The van der Waals surface area contributed by atoms with E-state index >= 15 is 0 Å². The molecule has 1 unspecified atom stereocenters. The minimum Gasteiger partial charge on any atom is -0.331 e. The third kappa shape index (κ3) is 3.30. The van der Waals surface area contributed by atoms with Crippen molar-refractivity contribution in [2.45, 2.75) is 25.8 Å². The van der Waals surface area contributed by atoms with Gasteiger partial charge in [0.1, 0.15) is 5.82 Å². The lowest BCUT2D eigenvalue weighted by atomic mass is 9.97. The van der Waals surface area contributed by atoms with Crippen molar-refractivity contribution in [3.8, 4) is 0 Å². The van der Waals surface area contributed by atoms with Crippen molar-refractivity contribution in [2.24, 2.45) is 0 Å². The zero-order valence-corrected chi connectivity index (χ0v) is 14.8. The Bertz CT molecular complexity index is 766. The highest BCUT2D eigenvalue weighted by Crippen LogP contribution is 2.34. The molecule has 0 saturated carbocycles. The van der Waals surface area contributed by atoms with Gasteiger partial charge in [0.25, 0.3) is 0 Å². The Labute approximate surface area is 150 Å². The molecule has 0 aliphatic carbocycles. The van der Waals surface area contributed by atoms with E-state index in [1.54, 1.807) is 18.2 Å². The van der Waals surface area contributed by atoms with Gasteiger partial charge in [0.15, 0.2) is 5.11 Å². The van der Waals surface area contributed by atoms with Crippen LogP contribution in [0.25, 0.3) is 0 Å². The largest absolute Gasteiger partial charge is 0.331 e. The van der Waals surface area contributed by atoms with Crippen molar-refractivity contribution < 1.29 is 4.39 Å². The Morgan fingerprint density at radius 3 is 2.87 bits per heavy atom. The molecule has 120 valence electrons. The lowest BCUT2D eigenvalue weighted by molar-refractivity contribution is 0.604. The molecule has 0 spiro atoms. The predicted molar refractivity (Wildman–Crippen MR) is 99.3 cm³/mol. The van der Waals surface area contributed by atoms with Crippen LogP contribution >= 0.6 is 35.4 Å². The minimum atomic E-state index is -0.227. The van der Waals surface area contributed by atoms with Gasteiger partial charge in [-0.3, -0.25) is 0 Å². The first-order valence-electron chi connectivity index (χ1n) is 7.30. The van der Waals surface area contributed by atoms with Crippen molar-refractivity contribution in [1.29, 1.82) is 0 Å². The maximum absolute atomic E-state index is 13.5. The van der Waals surface area contributed by atoms with E-state index in [-0.39, 0.29) is 11.9 Å². The van der Waals surface area contributed by atoms with Gasteiger partial charge < -0.3 is 10.2 Å². The summed E-state index contributed by atoms with van der Waals surface area (Å²) in [7, 11) is 0. The standard InChI is InChI=1S/C17H15Cl2FN2S/c1-10-5-6-11-9-12(20)7-8-15(11)22(10)17(23)21-14-4-2-3-13(18)16(14)19/h2-4,7-10H,5-6H2,1H3,(H,21,23). The molecule has 6 heteroatoms. The van der Waals surface area contributed by atoms with Crippen LogP contribution in [0.2, 0.25) is 10.0 Å². The summed E-state index contributed by atoms with van der Waals surface area (Å²) in [6.45, 7) is 2.10. The van der Waals surface area contributed by atoms with Crippen molar-refractivity contribution in [3.63, 3.8) is 0 Å². The maximum Gasteiger partial charge on any atom is 0.178 e. The molecule has 1 aliphatic rings. The number of hydrogen-bond donors (Lipinski definition) is 1. The van der Waals surface area contributed by atoms with Gasteiger partial charge in [0.05, 0.1) is 15.7 Å². The van der Waals surface area contributed by atoms with Crippen LogP contribution in [-0.4, -0.2) is 11.2 Å². The highest BCUT2D eigenvalue weighted by Gasteiger charge is 2.26. The van der Waals surface area contributed by atoms with Crippen molar-refractivity contribution >= 4 is 51.9 Å². The fourth-order valence-corrected chi connectivity index (χ4v) is 3.54. The first-order chi connectivity index (χ1) is 11.0. The number of thiocarbonyl (C=S) groups is 1. The van der Waals surface area contributed by atoms with Crippen LogP contribution in [0.5, 0.6) is 0 Å². The van der Waals surface area contributed by atoms with Crippen LogP contribution in [0.3, 0.4) is 0 Å². The minimum absolute atomic E-state index is 0.214. The van der Waals surface area contributed by atoms with Gasteiger partial charge in [-0.25, -0.2) is 4.39 Å². The fourth-order valence-electron chi connectivity index (χ4n) is 2.81. The van der Waals surface area contributed by atoms with Gasteiger partial charge in [0, 0.05) is 11.7 Å². The van der Waals surface area contributed by atoms with E-state index < -0.39 is 0 Å². The average Bonchev–Trinajstić information content (AvgIpc) is 2.52. The summed E-state index contributed by atoms with van der Waals surface area (Å²) in [4.78, 5) is 2.00. The van der Waals surface area contributed by atoms with Crippen LogP contribution in [0.1, 0.15) is 18.9 Å². The third-order valence-electron chi connectivity index (χ3n) is 3.99. The molecule has 3 rings (SSSR count). The summed E-state index contributed by atoms with van der Waals surface area (Å²) in [6.07, 6.45) is 1.74. The molecular formula is C17H15Cl2FN2S. The van der Waals surface area contributed by atoms with Crippen LogP contribution in [-0.2, 0) is 6.42 Å². The van der Waals surface area contributed by atoms with Crippen LogP contribution in [0.4, 0.5) is 15.8 Å². The van der Waals surface area contributed by atoms with Gasteiger partial charge in [-0.1, -0.05) is 29.3 Å². The van der Waals surface area contributed by atoms with E-state index in [1.165, 1.54) is 6.07 Å². The summed E-state index contributed by atoms with van der Waals surface area (Å²) in [5.74, 6) is -0.227. The average molecular weight is 369 g/mol. The molecule has 1 N–H and O–H groups in total. The Morgan fingerprint density at radius 2 is 2.09 bits per heavy atom. The lowest BCUT2D eigenvalue weighted by Crippen LogP contribution is -2.44. The molecule has 0 saturated heterocycles. The quantitative estimate of drug-likeness (QED) is 0.652.